The van der Waals surface area contributed by atoms with E-state index in [1.54, 1.807) is 0 Å². The third kappa shape index (κ3) is 3.69. The molecule has 0 aliphatic rings. The van der Waals surface area contributed by atoms with Crippen molar-refractivity contribution in [2.75, 3.05) is 0 Å². The molecule has 64 valence electrons. The fraction of sp³-hybridized carbons (Fsp3) is 0.667. The van der Waals surface area contributed by atoms with Crippen LogP contribution in [0.15, 0.2) is 0 Å². The molecule has 0 saturated heterocycles. The van der Waals surface area contributed by atoms with E-state index in [-0.39, 0.29) is 0 Å². The standard InChI is InChI=1S/C6H13N3O2/c1-3(7)5(10)9-6(11)4(2)8/h3-4H,7-8H2,1-2H3,(H,9,10,11)/t3-,4-/m0/s1. The van der Waals surface area contributed by atoms with Crippen molar-refractivity contribution in [1.29, 1.82) is 0 Å². The van der Waals surface area contributed by atoms with Crippen LogP contribution in [0.5, 0.6) is 0 Å². The molecule has 0 fully saturated rings. The lowest BCUT2D eigenvalue weighted by Crippen LogP contribution is -2.47. The van der Waals surface area contributed by atoms with Gasteiger partial charge in [-0.2, -0.15) is 0 Å². The number of hydrogen-bond donors (Lipinski definition) is 3. The molecule has 0 bridgehead atoms. The molecular formula is C6H13N3O2. The van der Waals surface area contributed by atoms with Crippen LogP contribution < -0.4 is 16.8 Å². The summed E-state index contributed by atoms with van der Waals surface area (Å²) in [6.07, 6.45) is 0. The molecule has 2 amide bonds. The van der Waals surface area contributed by atoms with Crippen molar-refractivity contribution in [2.45, 2.75) is 25.9 Å². The van der Waals surface area contributed by atoms with Gasteiger partial charge in [0.15, 0.2) is 0 Å². The molecule has 2 atom stereocenters. The molecule has 0 aromatic heterocycles. The lowest BCUT2D eigenvalue weighted by molar-refractivity contribution is -0.131. The Bertz CT molecular complexity index is 147. The first-order valence-electron chi connectivity index (χ1n) is 3.31. The lowest BCUT2D eigenvalue weighted by atomic mass is 10.3. The maximum absolute atomic E-state index is 10.7. The SMILES string of the molecule is C[C@H](N)C(=O)NC(=O)[C@H](C)N. The maximum atomic E-state index is 10.7. The Labute approximate surface area is 65.1 Å². The van der Waals surface area contributed by atoms with E-state index >= 15 is 0 Å². The third-order valence-corrected chi connectivity index (χ3v) is 1.07. The van der Waals surface area contributed by atoms with Crippen LogP contribution in [0.2, 0.25) is 0 Å². The van der Waals surface area contributed by atoms with E-state index in [1.165, 1.54) is 13.8 Å². The monoisotopic (exact) mass is 159 g/mol. The summed E-state index contributed by atoms with van der Waals surface area (Å²) in [6.45, 7) is 2.98. The Kier molecular flexibility index (Phi) is 3.70. The van der Waals surface area contributed by atoms with Crippen LogP contribution in [0.3, 0.4) is 0 Å². The van der Waals surface area contributed by atoms with Crippen molar-refractivity contribution in [3.05, 3.63) is 0 Å². The van der Waals surface area contributed by atoms with Crippen molar-refractivity contribution < 1.29 is 9.59 Å². The van der Waals surface area contributed by atoms with Gasteiger partial charge in [0.1, 0.15) is 0 Å². The molecule has 0 aliphatic carbocycles. The average molecular weight is 159 g/mol. The predicted octanol–water partition coefficient (Wildman–Crippen LogP) is -1.68. The van der Waals surface area contributed by atoms with Gasteiger partial charge in [0.2, 0.25) is 11.8 Å². The van der Waals surface area contributed by atoms with E-state index in [0.717, 1.165) is 0 Å². The number of carbonyl (C=O) groups excluding carboxylic acids is 2. The zero-order valence-electron chi connectivity index (χ0n) is 6.63. The minimum atomic E-state index is -0.683. The van der Waals surface area contributed by atoms with Crippen LogP contribution in [-0.4, -0.2) is 23.9 Å². The summed E-state index contributed by atoms with van der Waals surface area (Å²) in [5.74, 6) is -1.01. The normalized spacial score (nSPS) is 15.3. The van der Waals surface area contributed by atoms with Gasteiger partial charge in [0.05, 0.1) is 12.1 Å². The summed E-state index contributed by atoms with van der Waals surface area (Å²) in [6, 6.07) is -1.37. The van der Waals surface area contributed by atoms with Crippen molar-refractivity contribution in [3.8, 4) is 0 Å². The van der Waals surface area contributed by atoms with Gasteiger partial charge in [-0.3, -0.25) is 14.9 Å². The highest BCUT2D eigenvalue weighted by atomic mass is 16.2. The van der Waals surface area contributed by atoms with E-state index in [4.69, 9.17) is 11.5 Å². The molecule has 5 heteroatoms. The number of carbonyl (C=O) groups is 2. The van der Waals surface area contributed by atoms with Crippen LogP contribution in [0.25, 0.3) is 0 Å². The van der Waals surface area contributed by atoms with E-state index in [9.17, 15) is 9.59 Å². The minimum Gasteiger partial charge on any atom is -0.320 e. The van der Waals surface area contributed by atoms with Crippen LogP contribution >= 0.6 is 0 Å². The summed E-state index contributed by atoms with van der Waals surface area (Å²) in [5.41, 5.74) is 10.4. The molecule has 5 N–H and O–H groups in total. The highest BCUT2D eigenvalue weighted by molar-refractivity contribution is 5.99. The molecule has 0 rings (SSSR count). The van der Waals surface area contributed by atoms with Gasteiger partial charge in [0, 0.05) is 0 Å². The number of amides is 2. The van der Waals surface area contributed by atoms with Gasteiger partial charge in [-0.1, -0.05) is 0 Å². The molecule has 0 aromatic rings. The Morgan fingerprint density at radius 2 is 1.36 bits per heavy atom. The molecule has 0 spiro atoms. The largest absolute Gasteiger partial charge is 0.320 e. The molecule has 11 heavy (non-hydrogen) atoms. The number of nitrogens with one attached hydrogen (secondary N) is 1. The fourth-order valence-electron chi connectivity index (χ4n) is 0.349. The Morgan fingerprint density at radius 3 is 1.55 bits per heavy atom. The van der Waals surface area contributed by atoms with E-state index in [1.807, 2.05) is 0 Å². The van der Waals surface area contributed by atoms with Crippen LogP contribution in [0, 0.1) is 0 Å². The first kappa shape index (κ1) is 10.1. The molecule has 0 heterocycles. The summed E-state index contributed by atoms with van der Waals surface area (Å²) < 4.78 is 0. The fourth-order valence-corrected chi connectivity index (χ4v) is 0.349. The molecule has 0 saturated carbocycles. The number of rotatable bonds is 2. The molecular weight excluding hydrogens is 146 g/mol. The molecule has 0 unspecified atom stereocenters. The van der Waals surface area contributed by atoms with Crippen molar-refractivity contribution >= 4 is 11.8 Å². The lowest BCUT2D eigenvalue weighted by Gasteiger charge is -2.07. The van der Waals surface area contributed by atoms with Gasteiger partial charge in [0.25, 0.3) is 0 Å². The topological polar surface area (TPSA) is 98.2 Å². The van der Waals surface area contributed by atoms with Gasteiger partial charge >= 0.3 is 0 Å². The zero-order valence-corrected chi connectivity index (χ0v) is 6.63. The van der Waals surface area contributed by atoms with Crippen molar-refractivity contribution in [1.82, 2.24) is 5.32 Å². The smallest absolute Gasteiger partial charge is 0.243 e. The van der Waals surface area contributed by atoms with Gasteiger partial charge in [-0.15, -0.1) is 0 Å². The minimum absolute atomic E-state index is 0.507. The van der Waals surface area contributed by atoms with Gasteiger partial charge < -0.3 is 11.5 Å². The molecule has 5 nitrogen and oxygen atoms in total. The highest BCUT2D eigenvalue weighted by Crippen LogP contribution is 1.78. The number of nitrogens with two attached hydrogens (primary N) is 2. The Balaban J connectivity index is 3.86. The quantitative estimate of drug-likeness (QED) is 0.448. The Morgan fingerprint density at radius 1 is 1.09 bits per heavy atom. The number of hydrogen-bond acceptors (Lipinski definition) is 4. The summed E-state index contributed by atoms with van der Waals surface area (Å²) in [5, 5.41) is 2.05. The summed E-state index contributed by atoms with van der Waals surface area (Å²) in [4.78, 5) is 21.5. The second-order valence-corrected chi connectivity index (χ2v) is 2.43. The third-order valence-electron chi connectivity index (χ3n) is 1.07. The van der Waals surface area contributed by atoms with Gasteiger partial charge in [-0.25, -0.2) is 0 Å². The number of imide groups is 1. The predicted molar refractivity (Wildman–Crippen MR) is 40.4 cm³/mol. The summed E-state index contributed by atoms with van der Waals surface area (Å²) in [7, 11) is 0. The second-order valence-electron chi connectivity index (χ2n) is 2.43. The first-order valence-corrected chi connectivity index (χ1v) is 3.31. The maximum Gasteiger partial charge on any atom is 0.243 e. The summed E-state index contributed by atoms with van der Waals surface area (Å²) >= 11 is 0. The zero-order chi connectivity index (χ0) is 9.02. The molecule has 0 radical (unpaired) electrons. The highest BCUT2D eigenvalue weighted by Gasteiger charge is 2.13. The van der Waals surface area contributed by atoms with Crippen LogP contribution in [0.1, 0.15) is 13.8 Å². The molecule has 0 aromatic carbocycles. The van der Waals surface area contributed by atoms with E-state index in [0.29, 0.717) is 0 Å². The second kappa shape index (κ2) is 4.05. The first-order chi connectivity index (χ1) is 4.95. The van der Waals surface area contributed by atoms with Crippen LogP contribution in [-0.2, 0) is 9.59 Å². The van der Waals surface area contributed by atoms with Crippen LogP contribution in [0.4, 0.5) is 0 Å². The van der Waals surface area contributed by atoms with Crippen molar-refractivity contribution in [2.24, 2.45) is 11.5 Å². The molecule has 0 aliphatic heterocycles. The van der Waals surface area contributed by atoms with Gasteiger partial charge in [-0.05, 0) is 13.8 Å². The Hall–Kier alpha value is -0.940. The van der Waals surface area contributed by atoms with E-state index < -0.39 is 23.9 Å². The van der Waals surface area contributed by atoms with Crippen molar-refractivity contribution in [3.63, 3.8) is 0 Å². The van der Waals surface area contributed by atoms with E-state index in [2.05, 4.69) is 5.32 Å². The average Bonchev–Trinajstić information content (AvgIpc) is 1.87.